The highest BCUT2D eigenvalue weighted by molar-refractivity contribution is 5.90. The van der Waals surface area contributed by atoms with Gasteiger partial charge in [0.2, 0.25) is 5.82 Å². The van der Waals surface area contributed by atoms with Crippen LogP contribution in [0.3, 0.4) is 0 Å². The van der Waals surface area contributed by atoms with Gasteiger partial charge in [-0.25, -0.2) is 14.4 Å². The number of aliphatic hydroxyl groups is 1. The Balaban J connectivity index is 1.59. The summed E-state index contributed by atoms with van der Waals surface area (Å²) in [4.78, 5) is 50.2. The van der Waals surface area contributed by atoms with Crippen LogP contribution >= 0.6 is 0 Å². The molecule has 4 rings (SSSR count). The molecule has 34 heavy (non-hydrogen) atoms. The minimum Gasteiger partial charge on any atom is -0.459 e. The summed E-state index contributed by atoms with van der Waals surface area (Å²) in [5.74, 6) is -2.78. The molecule has 176 valence electrons. The van der Waals surface area contributed by atoms with Crippen LogP contribution in [0, 0.1) is 5.82 Å². The van der Waals surface area contributed by atoms with Crippen LogP contribution in [-0.4, -0.2) is 51.5 Å². The number of hydrogen-bond donors (Lipinski definition) is 2. The van der Waals surface area contributed by atoms with Gasteiger partial charge in [0, 0.05) is 0 Å². The number of hydrogen-bond acceptors (Lipinski definition) is 8. The van der Waals surface area contributed by atoms with Gasteiger partial charge in [0.25, 0.3) is 5.56 Å². The van der Waals surface area contributed by atoms with E-state index in [0.29, 0.717) is 10.8 Å². The number of aromatic nitrogens is 2. The second-order valence-electron chi connectivity index (χ2n) is 7.40. The maximum absolute atomic E-state index is 13.8. The van der Waals surface area contributed by atoms with Gasteiger partial charge in [-0.15, -0.1) is 0 Å². The van der Waals surface area contributed by atoms with Gasteiger partial charge in [-0.1, -0.05) is 36.4 Å². The average molecular weight is 470 g/mol. The Hall–Kier alpha value is -4.09. The molecule has 0 amide bonds. The van der Waals surface area contributed by atoms with E-state index in [-0.39, 0.29) is 11.1 Å². The molecule has 1 saturated heterocycles. The molecular weight excluding hydrogens is 451 g/mol. The number of carbonyl (C=O) groups is 2. The van der Waals surface area contributed by atoms with Crippen LogP contribution in [0.1, 0.15) is 26.9 Å². The van der Waals surface area contributed by atoms with Gasteiger partial charge < -0.3 is 19.3 Å². The molecule has 0 aliphatic carbocycles. The number of esters is 2. The Morgan fingerprint density at radius 2 is 1.59 bits per heavy atom. The number of nitrogens with zero attached hydrogens (tertiary/aromatic N) is 1. The zero-order valence-corrected chi connectivity index (χ0v) is 17.5. The lowest BCUT2D eigenvalue weighted by Crippen LogP contribution is -2.41. The van der Waals surface area contributed by atoms with E-state index >= 15 is 0 Å². The Morgan fingerprint density at radius 1 is 1.00 bits per heavy atom. The molecule has 10 nitrogen and oxygen atoms in total. The first-order valence-corrected chi connectivity index (χ1v) is 10.2. The third kappa shape index (κ3) is 4.80. The van der Waals surface area contributed by atoms with Crippen molar-refractivity contribution in [2.24, 2.45) is 0 Å². The number of rotatable bonds is 6. The summed E-state index contributed by atoms with van der Waals surface area (Å²) in [6, 6.07) is 16.0. The number of nitrogens with one attached hydrogen (secondary N) is 1. The summed E-state index contributed by atoms with van der Waals surface area (Å²) in [5, 5.41) is 10.8. The number of halogens is 1. The topological polar surface area (TPSA) is 137 Å². The van der Waals surface area contributed by atoms with Crippen LogP contribution in [0.4, 0.5) is 4.39 Å². The fourth-order valence-electron chi connectivity index (χ4n) is 3.46. The predicted molar refractivity (Wildman–Crippen MR) is 114 cm³/mol. The largest absolute Gasteiger partial charge is 0.459 e. The third-order valence-electron chi connectivity index (χ3n) is 5.15. The van der Waals surface area contributed by atoms with Gasteiger partial charge in [0.1, 0.15) is 18.8 Å². The van der Waals surface area contributed by atoms with Gasteiger partial charge >= 0.3 is 17.6 Å². The monoisotopic (exact) mass is 470 g/mol. The van der Waals surface area contributed by atoms with E-state index in [1.54, 1.807) is 41.4 Å². The van der Waals surface area contributed by atoms with Crippen molar-refractivity contribution in [3.63, 3.8) is 0 Å². The molecule has 4 atom stereocenters. The van der Waals surface area contributed by atoms with Crippen LogP contribution < -0.4 is 11.2 Å². The quantitative estimate of drug-likeness (QED) is 0.510. The average Bonchev–Trinajstić information content (AvgIpc) is 3.15. The fourth-order valence-corrected chi connectivity index (χ4v) is 3.46. The molecule has 11 heteroatoms. The summed E-state index contributed by atoms with van der Waals surface area (Å²) < 4.78 is 30.8. The van der Waals surface area contributed by atoms with Gasteiger partial charge in [-0.05, 0) is 24.3 Å². The number of aromatic amines is 1. The van der Waals surface area contributed by atoms with Crippen molar-refractivity contribution in [1.82, 2.24) is 9.55 Å². The lowest BCUT2D eigenvalue weighted by Gasteiger charge is -2.21. The molecule has 2 heterocycles. The summed E-state index contributed by atoms with van der Waals surface area (Å²) in [7, 11) is 0. The molecule has 1 aliphatic rings. The first kappa shape index (κ1) is 23.1. The Kier molecular flexibility index (Phi) is 6.66. The minimum absolute atomic E-state index is 0.186. The van der Waals surface area contributed by atoms with Crippen LogP contribution in [0.5, 0.6) is 0 Å². The van der Waals surface area contributed by atoms with Crippen LogP contribution in [0.15, 0.2) is 76.4 Å². The van der Waals surface area contributed by atoms with Crippen LogP contribution in [-0.2, 0) is 14.2 Å². The van der Waals surface area contributed by atoms with E-state index in [0.717, 1.165) is 0 Å². The SMILES string of the molecule is O=C(OC[C@H]1O[C@@H](n2cc(F)c(=O)[nH]c2=O)[C@H](O)[C@H]1OC(=O)c1ccccc1)c1ccccc1. The predicted octanol–water partition coefficient (Wildman–Crippen LogP) is 1.02. The molecule has 0 saturated carbocycles. The second-order valence-corrected chi connectivity index (χ2v) is 7.40. The van der Waals surface area contributed by atoms with Crippen molar-refractivity contribution < 1.29 is 33.3 Å². The van der Waals surface area contributed by atoms with E-state index in [4.69, 9.17) is 14.2 Å². The number of ether oxygens (including phenoxy) is 3. The smallest absolute Gasteiger partial charge is 0.338 e. The number of aliphatic hydroxyl groups excluding tert-OH is 1. The van der Waals surface area contributed by atoms with Crippen molar-refractivity contribution in [2.45, 2.75) is 24.5 Å². The summed E-state index contributed by atoms with van der Waals surface area (Å²) >= 11 is 0. The zero-order chi connectivity index (χ0) is 24.2. The zero-order valence-electron chi connectivity index (χ0n) is 17.5. The summed E-state index contributed by atoms with van der Waals surface area (Å²) in [6.45, 7) is -0.450. The molecule has 2 N–H and O–H groups in total. The lowest BCUT2D eigenvalue weighted by atomic mass is 10.1. The van der Waals surface area contributed by atoms with E-state index < -0.39 is 60.2 Å². The number of benzene rings is 2. The highest BCUT2D eigenvalue weighted by Crippen LogP contribution is 2.31. The molecule has 0 bridgehead atoms. The van der Waals surface area contributed by atoms with E-state index in [2.05, 4.69) is 0 Å². The van der Waals surface area contributed by atoms with Gasteiger partial charge in [0.15, 0.2) is 12.3 Å². The highest BCUT2D eigenvalue weighted by atomic mass is 19.1. The van der Waals surface area contributed by atoms with Gasteiger partial charge in [-0.3, -0.25) is 14.3 Å². The van der Waals surface area contributed by atoms with Crippen molar-refractivity contribution in [3.8, 4) is 0 Å². The molecule has 0 unspecified atom stereocenters. The number of H-pyrrole nitrogens is 1. The molecule has 3 aromatic rings. The summed E-state index contributed by atoms with van der Waals surface area (Å²) in [6.07, 6.45) is -5.21. The second kappa shape index (κ2) is 9.81. The van der Waals surface area contributed by atoms with Crippen molar-refractivity contribution >= 4 is 11.9 Å². The van der Waals surface area contributed by atoms with E-state index in [1.807, 2.05) is 0 Å². The highest BCUT2D eigenvalue weighted by Gasteiger charge is 2.48. The van der Waals surface area contributed by atoms with E-state index in [1.165, 1.54) is 24.3 Å². The number of carbonyl (C=O) groups excluding carboxylic acids is 2. The molecule has 2 aromatic carbocycles. The van der Waals surface area contributed by atoms with Gasteiger partial charge in [0.05, 0.1) is 17.3 Å². The lowest BCUT2D eigenvalue weighted by molar-refractivity contribution is -0.0617. The molecule has 0 spiro atoms. The Labute approximate surface area is 191 Å². The Morgan fingerprint density at radius 3 is 2.21 bits per heavy atom. The van der Waals surface area contributed by atoms with E-state index in [9.17, 15) is 28.7 Å². The summed E-state index contributed by atoms with van der Waals surface area (Å²) in [5.41, 5.74) is -1.85. The standard InChI is InChI=1S/C23H19FN2O8/c24-15-11-26(23(31)25-19(15)28)20-17(27)18(34-22(30)14-9-5-2-6-10-14)16(33-20)12-32-21(29)13-7-3-1-4-8-13/h1-11,16-18,20,27H,12H2,(H,25,28,31)/t16-,17-,18+,20-/m1/s1. The van der Waals surface area contributed by atoms with Crippen LogP contribution in [0.25, 0.3) is 0 Å². The molecule has 1 aliphatic heterocycles. The van der Waals surface area contributed by atoms with Crippen molar-refractivity contribution in [2.75, 3.05) is 6.61 Å². The van der Waals surface area contributed by atoms with Crippen molar-refractivity contribution in [3.05, 3.63) is 105 Å². The van der Waals surface area contributed by atoms with Crippen molar-refractivity contribution in [1.29, 1.82) is 0 Å². The first-order chi connectivity index (χ1) is 16.3. The molecule has 1 fully saturated rings. The normalized spacial score (nSPS) is 21.7. The maximum atomic E-state index is 13.8. The third-order valence-corrected chi connectivity index (χ3v) is 5.15. The van der Waals surface area contributed by atoms with Crippen LogP contribution in [0.2, 0.25) is 0 Å². The molecule has 1 aromatic heterocycles. The molecule has 0 radical (unpaired) electrons. The fraction of sp³-hybridized carbons (Fsp3) is 0.217. The first-order valence-electron chi connectivity index (χ1n) is 10.2. The Bertz CT molecular complexity index is 1290. The minimum atomic E-state index is -1.66. The molecular formula is C23H19FN2O8. The maximum Gasteiger partial charge on any atom is 0.338 e. The van der Waals surface area contributed by atoms with Gasteiger partial charge in [-0.2, -0.15) is 4.39 Å².